The van der Waals surface area contributed by atoms with Crippen molar-refractivity contribution in [3.05, 3.63) is 79.2 Å². The molecule has 0 aliphatic carbocycles. The smallest absolute Gasteiger partial charge is 0.206 e. The number of rotatable bonds is 5. The fourth-order valence-corrected chi connectivity index (χ4v) is 3.52. The van der Waals surface area contributed by atoms with Crippen molar-refractivity contribution in [3.63, 3.8) is 0 Å². The minimum absolute atomic E-state index is 0.143. The fraction of sp³-hybridized carbons (Fsp3) is 0.158. The van der Waals surface area contributed by atoms with Gasteiger partial charge in [-0.1, -0.05) is 87.7 Å². The van der Waals surface area contributed by atoms with Crippen molar-refractivity contribution in [2.75, 3.05) is 0 Å². The Bertz CT molecular complexity index is 803. The molecule has 0 N–H and O–H groups in total. The van der Waals surface area contributed by atoms with Crippen molar-refractivity contribution in [2.24, 2.45) is 0 Å². The average Bonchev–Trinajstić information content (AvgIpc) is 2.51. The van der Waals surface area contributed by atoms with Crippen LogP contribution in [0.2, 0.25) is 15.1 Å². The molecule has 0 amide bonds. The lowest BCUT2D eigenvalue weighted by Crippen LogP contribution is -2.20. The summed E-state index contributed by atoms with van der Waals surface area (Å²) in [6, 6.07) is 8.34. The molecule has 0 aliphatic rings. The summed E-state index contributed by atoms with van der Waals surface area (Å²) in [5, 5.41) is 0.438. The van der Waals surface area contributed by atoms with Gasteiger partial charge in [-0.2, -0.15) is 0 Å². The summed E-state index contributed by atoms with van der Waals surface area (Å²) in [6.45, 7) is 4.56. The second kappa shape index (κ2) is 8.22. The van der Waals surface area contributed by atoms with Gasteiger partial charge in [-0.3, -0.25) is 0 Å². The van der Waals surface area contributed by atoms with E-state index in [1.807, 2.05) is 18.2 Å². The molecule has 6 heteroatoms. The van der Waals surface area contributed by atoms with Crippen molar-refractivity contribution in [3.8, 4) is 0 Å². The summed E-state index contributed by atoms with van der Waals surface area (Å²) < 4.78 is 29.1. The van der Waals surface area contributed by atoms with E-state index in [1.165, 1.54) is 18.2 Å². The van der Waals surface area contributed by atoms with E-state index in [4.69, 9.17) is 34.8 Å². The maximum Gasteiger partial charge on any atom is 0.255 e. The van der Waals surface area contributed by atoms with E-state index >= 15 is 0 Å². The van der Waals surface area contributed by atoms with Crippen LogP contribution in [0.25, 0.3) is 12.2 Å². The van der Waals surface area contributed by atoms with E-state index in [0.29, 0.717) is 5.56 Å². The second-order valence-electron chi connectivity index (χ2n) is 5.58. The summed E-state index contributed by atoms with van der Waals surface area (Å²) in [5.74, 6) is -4.20. The zero-order chi connectivity index (χ0) is 18.8. The Hall–Kier alpha value is -0.870. The fourth-order valence-electron chi connectivity index (χ4n) is 2.35. The molecule has 0 aliphatic heterocycles. The van der Waals surface area contributed by atoms with Crippen LogP contribution in [0.3, 0.4) is 0 Å². The number of allylic oxidation sites excluding steroid dienone is 1. The van der Waals surface area contributed by atoms with E-state index in [2.05, 4.69) is 22.5 Å². The molecule has 2 aromatic carbocycles. The summed E-state index contributed by atoms with van der Waals surface area (Å²) in [4.78, 5) is 0. The standard InChI is InChI=1S/C19H14BrCl3F2/c1-3-12-6-4-11(8-15(12)20)5-7-14(19(2,24)25)13-9-16(21)18(23)17(22)10-13/h3-10,14H,1H2,2H3/b7-5+. The van der Waals surface area contributed by atoms with Gasteiger partial charge in [0.05, 0.1) is 21.0 Å². The summed E-state index contributed by atoms with van der Waals surface area (Å²) in [6.07, 6.45) is 4.78. The van der Waals surface area contributed by atoms with Crippen LogP contribution in [0.5, 0.6) is 0 Å². The van der Waals surface area contributed by atoms with Gasteiger partial charge < -0.3 is 0 Å². The van der Waals surface area contributed by atoms with Gasteiger partial charge in [-0.15, -0.1) is 0 Å². The Labute approximate surface area is 169 Å². The van der Waals surface area contributed by atoms with Gasteiger partial charge in [0.2, 0.25) is 0 Å². The van der Waals surface area contributed by atoms with Crippen LogP contribution in [-0.4, -0.2) is 5.92 Å². The van der Waals surface area contributed by atoms with Crippen molar-refractivity contribution < 1.29 is 8.78 Å². The quantitative estimate of drug-likeness (QED) is 0.388. The molecule has 0 saturated heterocycles. The van der Waals surface area contributed by atoms with E-state index < -0.39 is 11.8 Å². The molecular weight excluding hydrogens is 452 g/mol. The summed E-state index contributed by atoms with van der Waals surface area (Å²) in [7, 11) is 0. The Morgan fingerprint density at radius 3 is 2.20 bits per heavy atom. The number of hydrogen-bond donors (Lipinski definition) is 0. The van der Waals surface area contributed by atoms with Gasteiger partial charge in [-0.05, 0) is 34.9 Å². The van der Waals surface area contributed by atoms with E-state index in [0.717, 1.165) is 22.5 Å². The lowest BCUT2D eigenvalue weighted by Gasteiger charge is -2.22. The van der Waals surface area contributed by atoms with Crippen LogP contribution in [0.1, 0.15) is 29.5 Å². The normalized spacial score (nSPS) is 13.2. The van der Waals surface area contributed by atoms with E-state index in [1.54, 1.807) is 12.2 Å². The number of hydrogen-bond acceptors (Lipinski definition) is 0. The first-order valence-electron chi connectivity index (χ1n) is 7.26. The van der Waals surface area contributed by atoms with Crippen LogP contribution < -0.4 is 0 Å². The first kappa shape index (κ1) is 20.4. The highest BCUT2D eigenvalue weighted by Gasteiger charge is 2.34. The molecule has 0 heterocycles. The van der Waals surface area contributed by atoms with Gasteiger partial charge in [-0.25, -0.2) is 8.78 Å². The highest BCUT2D eigenvalue weighted by molar-refractivity contribution is 9.10. The van der Waals surface area contributed by atoms with Crippen molar-refractivity contribution in [1.82, 2.24) is 0 Å². The predicted octanol–water partition coefficient (Wildman–Crippen LogP) is 8.50. The molecule has 132 valence electrons. The SMILES string of the molecule is C=Cc1ccc(/C=C/C(c2cc(Cl)c(Cl)c(Cl)c2)C(C)(F)F)cc1Br. The number of benzene rings is 2. The Balaban J connectivity index is 2.43. The maximum absolute atomic E-state index is 14.1. The third-order valence-electron chi connectivity index (χ3n) is 3.64. The van der Waals surface area contributed by atoms with Gasteiger partial charge in [0.15, 0.2) is 0 Å². The highest BCUT2D eigenvalue weighted by Crippen LogP contribution is 2.40. The van der Waals surface area contributed by atoms with Gasteiger partial charge in [0.25, 0.3) is 5.92 Å². The molecule has 1 atom stereocenters. The molecule has 0 radical (unpaired) electrons. The van der Waals surface area contributed by atoms with Crippen LogP contribution in [0.4, 0.5) is 8.78 Å². The average molecular weight is 467 g/mol. The molecule has 0 nitrogen and oxygen atoms in total. The van der Waals surface area contributed by atoms with Crippen LogP contribution >= 0.6 is 50.7 Å². The van der Waals surface area contributed by atoms with Crippen molar-refractivity contribution in [2.45, 2.75) is 18.8 Å². The Morgan fingerprint density at radius 1 is 1.12 bits per heavy atom. The summed E-state index contributed by atoms with van der Waals surface area (Å²) in [5.41, 5.74) is 1.99. The van der Waals surface area contributed by atoms with E-state index in [9.17, 15) is 8.78 Å². The lowest BCUT2D eigenvalue weighted by molar-refractivity contribution is 0.00699. The molecule has 0 saturated carbocycles. The maximum atomic E-state index is 14.1. The second-order valence-corrected chi connectivity index (χ2v) is 7.62. The van der Waals surface area contributed by atoms with E-state index in [-0.39, 0.29) is 15.1 Å². The zero-order valence-corrected chi connectivity index (χ0v) is 17.0. The van der Waals surface area contributed by atoms with Crippen LogP contribution in [0.15, 0.2) is 47.5 Å². The van der Waals surface area contributed by atoms with Gasteiger partial charge in [0, 0.05) is 11.4 Å². The molecule has 2 aromatic rings. The van der Waals surface area contributed by atoms with Crippen molar-refractivity contribution in [1.29, 1.82) is 0 Å². The summed E-state index contributed by atoms with van der Waals surface area (Å²) >= 11 is 21.3. The zero-order valence-electron chi connectivity index (χ0n) is 13.2. The van der Waals surface area contributed by atoms with Gasteiger partial charge in [0.1, 0.15) is 0 Å². The minimum atomic E-state index is -3.00. The molecule has 0 aromatic heterocycles. The number of halogens is 6. The number of alkyl halides is 2. The van der Waals surface area contributed by atoms with Gasteiger partial charge >= 0.3 is 0 Å². The topological polar surface area (TPSA) is 0 Å². The third kappa shape index (κ3) is 5.07. The molecular formula is C19H14BrCl3F2. The molecule has 25 heavy (non-hydrogen) atoms. The molecule has 2 rings (SSSR count). The molecule has 0 bridgehead atoms. The minimum Gasteiger partial charge on any atom is -0.206 e. The molecule has 0 fully saturated rings. The monoisotopic (exact) mass is 464 g/mol. The highest BCUT2D eigenvalue weighted by atomic mass is 79.9. The largest absolute Gasteiger partial charge is 0.255 e. The van der Waals surface area contributed by atoms with Crippen LogP contribution in [0, 0.1) is 0 Å². The Kier molecular flexibility index (Phi) is 6.72. The first-order valence-corrected chi connectivity index (χ1v) is 9.18. The third-order valence-corrected chi connectivity index (χ3v) is 5.52. The first-order chi connectivity index (χ1) is 11.6. The lowest BCUT2D eigenvalue weighted by atomic mass is 9.92. The molecule has 0 spiro atoms. The molecule has 1 unspecified atom stereocenters. The van der Waals surface area contributed by atoms with Crippen LogP contribution in [-0.2, 0) is 0 Å². The van der Waals surface area contributed by atoms with Crippen molar-refractivity contribution >= 4 is 62.9 Å². The Morgan fingerprint density at radius 2 is 1.72 bits per heavy atom. The predicted molar refractivity (Wildman–Crippen MR) is 108 cm³/mol.